The Morgan fingerprint density at radius 1 is 1.46 bits per heavy atom. The fourth-order valence-electron chi connectivity index (χ4n) is 2.10. The molecule has 12 heteroatoms. The van der Waals surface area contributed by atoms with Crippen LogP contribution in [0.3, 0.4) is 0 Å². The molecule has 0 aliphatic carbocycles. The molecule has 1 aromatic heterocycles. The highest BCUT2D eigenvalue weighted by Crippen LogP contribution is 2.41. The fraction of sp³-hybridized carbons (Fsp3) is 0.500. The Labute approximate surface area is 132 Å². The topological polar surface area (TPSA) is 151 Å². The number of aromatic nitrogens is 2. The number of hydrogen-bond donors (Lipinski definition) is 4. The normalized spacial score (nSPS) is 25.4. The lowest BCUT2D eigenvalue weighted by Crippen LogP contribution is -2.41. The van der Waals surface area contributed by atoms with E-state index >= 15 is 0 Å². The molecular formula is C12H13F2N3O7. The number of anilines is 1. The van der Waals surface area contributed by atoms with Crippen LogP contribution in [-0.2, 0) is 14.3 Å². The first-order chi connectivity index (χ1) is 11.2. The average molecular weight is 349 g/mol. The highest BCUT2D eigenvalue weighted by molar-refractivity contribution is 6.00. The summed E-state index contributed by atoms with van der Waals surface area (Å²) in [5.74, 6) is -6.54. The van der Waals surface area contributed by atoms with Gasteiger partial charge in [-0.2, -0.15) is 13.8 Å². The van der Waals surface area contributed by atoms with Crippen molar-refractivity contribution in [3.8, 4) is 0 Å². The van der Waals surface area contributed by atoms with Gasteiger partial charge in [0.1, 0.15) is 18.3 Å². The molecule has 1 fully saturated rings. The number of nitrogens with one attached hydrogen (secondary N) is 1. The van der Waals surface area contributed by atoms with Crippen LogP contribution < -0.4 is 11.0 Å². The quantitative estimate of drug-likeness (QED) is 0.471. The monoisotopic (exact) mass is 349 g/mol. The molecule has 132 valence electrons. The van der Waals surface area contributed by atoms with Gasteiger partial charge in [0, 0.05) is 6.20 Å². The summed E-state index contributed by atoms with van der Waals surface area (Å²) in [7, 11) is 0. The zero-order chi connectivity index (χ0) is 18.1. The van der Waals surface area contributed by atoms with E-state index in [-0.39, 0.29) is 5.82 Å². The summed E-state index contributed by atoms with van der Waals surface area (Å²) < 4.78 is 33.1. The van der Waals surface area contributed by atoms with Crippen molar-refractivity contribution in [2.75, 3.05) is 11.9 Å². The van der Waals surface area contributed by atoms with E-state index in [0.29, 0.717) is 4.57 Å². The molecule has 0 radical (unpaired) electrons. The maximum absolute atomic E-state index is 14.0. The number of carboxylic acid groups (broad SMARTS) is 1. The second kappa shape index (κ2) is 6.59. The predicted octanol–water partition coefficient (Wildman–Crippen LogP) is -1.46. The molecule has 0 aromatic carbocycles. The number of aliphatic hydroxyl groups excluding tert-OH is 2. The summed E-state index contributed by atoms with van der Waals surface area (Å²) >= 11 is 0. The Morgan fingerprint density at radius 3 is 2.62 bits per heavy atom. The third-order valence-corrected chi connectivity index (χ3v) is 3.22. The van der Waals surface area contributed by atoms with Gasteiger partial charge in [0.15, 0.2) is 6.10 Å². The summed E-state index contributed by atoms with van der Waals surface area (Å²) in [6, 6.07) is 0.985. The number of alkyl halides is 2. The molecule has 1 aliphatic rings. The van der Waals surface area contributed by atoms with Gasteiger partial charge in [0.05, 0.1) is 6.61 Å². The zero-order valence-corrected chi connectivity index (χ0v) is 11.9. The number of ether oxygens (including phenoxy) is 1. The van der Waals surface area contributed by atoms with Crippen molar-refractivity contribution in [3.05, 3.63) is 22.7 Å². The van der Waals surface area contributed by atoms with Crippen molar-refractivity contribution in [1.82, 2.24) is 9.55 Å². The van der Waals surface area contributed by atoms with Crippen LogP contribution in [0.25, 0.3) is 0 Å². The number of aliphatic hydroxyl groups is 2. The van der Waals surface area contributed by atoms with Crippen molar-refractivity contribution in [1.29, 1.82) is 0 Å². The van der Waals surface area contributed by atoms with E-state index < -0.39 is 55.0 Å². The SMILES string of the molecule is O=C(O)CC(=O)Nc1ccn([C@@H]2O[C@H](CO)C(O)C2(F)F)c(=O)n1. The first-order valence-corrected chi connectivity index (χ1v) is 6.60. The van der Waals surface area contributed by atoms with E-state index in [4.69, 9.17) is 14.9 Å². The molecule has 2 heterocycles. The lowest BCUT2D eigenvalue weighted by Gasteiger charge is -2.21. The summed E-state index contributed by atoms with van der Waals surface area (Å²) in [5.41, 5.74) is -1.22. The summed E-state index contributed by atoms with van der Waals surface area (Å²) in [4.78, 5) is 36.8. The highest BCUT2D eigenvalue weighted by atomic mass is 19.3. The maximum Gasteiger partial charge on any atom is 0.351 e. The second-order valence-electron chi connectivity index (χ2n) is 4.95. The number of nitrogens with zero attached hydrogens (tertiary/aromatic N) is 2. The highest BCUT2D eigenvalue weighted by Gasteiger charge is 2.59. The van der Waals surface area contributed by atoms with Gasteiger partial charge in [-0.05, 0) is 6.07 Å². The van der Waals surface area contributed by atoms with Crippen molar-refractivity contribution in [2.24, 2.45) is 0 Å². The summed E-state index contributed by atoms with van der Waals surface area (Å²) in [5, 5.41) is 28.8. The third-order valence-electron chi connectivity index (χ3n) is 3.22. The van der Waals surface area contributed by atoms with E-state index in [2.05, 4.69) is 4.98 Å². The van der Waals surface area contributed by atoms with Crippen molar-refractivity contribution in [2.45, 2.75) is 30.8 Å². The van der Waals surface area contributed by atoms with E-state index in [1.807, 2.05) is 5.32 Å². The van der Waals surface area contributed by atoms with Crippen molar-refractivity contribution < 1.29 is 38.4 Å². The minimum absolute atomic E-state index is 0.330. The minimum atomic E-state index is -3.85. The van der Waals surface area contributed by atoms with Crippen LogP contribution >= 0.6 is 0 Å². The van der Waals surface area contributed by atoms with Gasteiger partial charge in [0.25, 0.3) is 0 Å². The molecule has 1 saturated heterocycles. The Balaban J connectivity index is 2.23. The fourth-order valence-corrected chi connectivity index (χ4v) is 2.10. The molecule has 3 atom stereocenters. The number of halogens is 2. The molecule has 0 spiro atoms. The summed E-state index contributed by atoms with van der Waals surface area (Å²) in [6.45, 7) is -0.876. The number of amides is 1. The Bertz CT molecular complexity index is 708. The lowest BCUT2D eigenvalue weighted by atomic mass is 10.1. The van der Waals surface area contributed by atoms with Gasteiger partial charge in [0.2, 0.25) is 12.1 Å². The molecule has 1 aromatic rings. The van der Waals surface area contributed by atoms with Gasteiger partial charge in [-0.25, -0.2) is 4.79 Å². The van der Waals surface area contributed by atoms with Crippen LogP contribution in [0.4, 0.5) is 14.6 Å². The standard InChI is InChI=1S/C12H13F2N3O7/c13-12(14)9(22)5(4-18)24-10(12)17-2-1-6(16-11(17)23)15-7(19)3-8(20)21/h1-2,5,9-10,18,22H,3-4H2,(H,20,21)(H,15,16,19,23)/t5-,9?,10-/m1/s1. The van der Waals surface area contributed by atoms with E-state index in [1.54, 1.807) is 0 Å². The number of hydrogen-bond acceptors (Lipinski definition) is 7. The number of rotatable bonds is 5. The molecule has 24 heavy (non-hydrogen) atoms. The van der Waals surface area contributed by atoms with E-state index in [0.717, 1.165) is 12.3 Å². The Hall–Kier alpha value is -2.44. The zero-order valence-electron chi connectivity index (χ0n) is 11.9. The maximum atomic E-state index is 14.0. The molecule has 0 bridgehead atoms. The van der Waals surface area contributed by atoms with Crippen LogP contribution in [0.5, 0.6) is 0 Å². The smallest absolute Gasteiger partial charge is 0.351 e. The van der Waals surface area contributed by atoms with Crippen molar-refractivity contribution in [3.63, 3.8) is 0 Å². The molecule has 4 N–H and O–H groups in total. The summed E-state index contributed by atoms with van der Waals surface area (Å²) in [6.07, 6.45) is -6.09. The number of carbonyl (C=O) groups excluding carboxylic acids is 1. The Kier molecular flexibility index (Phi) is 4.91. The first-order valence-electron chi connectivity index (χ1n) is 6.60. The Morgan fingerprint density at radius 2 is 2.12 bits per heavy atom. The van der Waals surface area contributed by atoms with E-state index in [9.17, 15) is 28.3 Å². The lowest BCUT2D eigenvalue weighted by molar-refractivity contribution is -0.141. The van der Waals surface area contributed by atoms with Crippen LogP contribution in [0.2, 0.25) is 0 Å². The van der Waals surface area contributed by atoms with Crippen molar-refractivity contribution >= 4 is 17.7 Å². The van der Waals surface area contributed by atoms with Gasteiger partial charge < -0.3 is 25.4 Å². The molecule has 0 saturated carbocycles. The van der Waals surface area contributed by atoms with Crippen LogP contribution in [0.1, 0.15) is 12.6 Å². The molecule has 1 amide bonds. The van der Waals surface area contributed by atoms with Crippen LogP contribution in [0, 0.1) is 0 Å². The minimum Gasteiger partial charge on any atom is -0.481 e. The van der Waals surface area contributed by atoms with Gasteiger partial charge in [-0.3, -0.25) is 14.2 Å². The second-order valence-corrected chi connectivity index (χ2v) is 4.95. The number of carboxylic acids is 1. The average Bonchev–Trinajstić information content (AvgIpc) is 2.69. The predicted molar refractivity (Wildman–Crippen MR) is 71.3 cm³/mol. The number of carbonyl (C=O) groups is 2. The number of aliphatic carboxylic acids is 1. The van der Waals surface area contributed by atoms with Gasteiger partial charge >= 0.3 is 17.6 Å². The van der Waals surface area contributed by atoms with Crippen LogP contribution in [0.15, 0.2) is 17.1 Å². The third kappa shape index (κ3) is 3.39. The molecule has 1 unspecified atom stereocenters. The first kappa shape index (κ1) is 17.9. The van der Waals surface area contributed by atoms with Gasteiger partial charge in [-0.15, -0.1) is 0 Å². The molecule has 1 aliphatic heterocycles. The van der Waals surface area contributed by atoms with Crippen LogP contribution in [-0.4, -0.2) is 61.5 Å². The molecule has 2 rings (SSSR count). The molecular weight excluding hydrogens is 336 g/mol. The van der Waals surface area contributed by atoms with Gasteiger partial charge in [-0.1, -0.05) is 0 Å². The molecule has 10 nitrogen and oxygen atoms in total. The van der Waals surface area contributed by atoms with E-state index in [1.165, 1.54) is 0 Å². The largest absolute Gasteiger partial charge is 0.481 e.